The fourth-order valence-electron chi connectivity index (χ4n) is 2.67. The standard InChI is InChI=1S/C18H25NO/c1-2-3-4-5-6-9-16(20)14-15-12-13-19-18-11-8-7-10-17(15)18/h7-8,10-13,16,20H,2-6,9,14H2,1H3. The van der Waals surface area contributed by atoms with Crippen molar-refractivity contribution in [1.29, 1.82) is 0 Å². The van der Waals surface area contributed by atoms with Crippen LogP contribution in [0.2, 0.25) is 0 Å². The van der Waals surface area contributed by atoms with Gasteiger partial charge < -0.3 is 5.11 Å². The van der Waals surface area contributed by atoms with Crippen LogP contribution in [0.1, 0.15) is 51.0 Å². The third kappa shape index (κ3) is 4.31. The summed E-state index contributed by atoms with van der Waals surface area (Å²) in [4.78, 5) is 4.36. The number of fused-ring (bicyclic) bond motifs is 1. The molecule has 1 N–H and O–H groups in total. The Kier molecular flexibility index (Phi) is 6.00. The van der Waals surface area contributed by atoms with Gasteiger partial charge in [-0.15, -0.1) is 0 Å². The number of benzene rings is 1. The molecule has 1 atom stereocenters. The molecule has 108 valence electrons. The van der Waals surface area contributed by atoms with Gasteiger partial charge in [-0.25, -0.2) is 0 Å². The first-order chi connectivity index (χ1) is 9.81. The second-order valence-electron chi connectivity index (χ2n) is 5.55. The van der Waals surface area contributed by atoms with E-state index in [1.807, 2.05) is 30.5 Å². The molecule has 2 rings (SSSR count). The van der Waals surface area contributed by atoms with Crippen LogP contribution in [0.5, 0.6) is 0 Å². The Balaban J connectivity index is 1.88. The lowest BCUT2D eigenvalue weighted by Gasteiger charge is -2.12. The van der Waals surface area contributed by atoms with E-state index in [4.69, 9.17) is 0 Å². The monoisotopic (exact) mass is 271 g/mol. The molecule has 1 aromatic heterocycles. The molecule has 1 aromatic carbocycles. The molecule has 0 fully saturated rings. The topological polar surface area (TPSA) is 33.1 Å². The summed E-state index contributed by atoms with van der Waals surface area (Å²) in [5.74, 6) is 0. The number of hydrogen-bond acceptors (Lipinski definition) is 2. The van der Waals surface area contributed by atoms with Gasteiger partial charge in [-0.3, -0.25) is 4.98 Å². The van der Waals surface area contributed by atoms with Crippen LogP contribution in [-0.4, -0.2) is 16.2 Å². The summed E-state index contributed by atoms with van der Waals surface area (Å²) >= 11 is 0. The van der Waals surface area contributed by atoms with Gasteiger partial charge in [-0.05, 0) is 30.5 Å². The number of aliphatic hydroxyl groups excluding tert-OH is 1. The molecule has 0 saturated carbocycles. The van der Waals surface area contributed by atoms with Crippen molar-refractivity contribution in [3.8, 4) is 0 Å². The second-order valence-corrected chi connectivity index (χ2v) is 5.55. The second kappa shape index (κ2) is 8.01. The van der Waals surface area contributed by atoms with Gasteiger partial charge in [0.15, 0.2) is 0 Å². The minimum Gasteiger partial charge on any atom is -0.393 e. The van der Waals surface area contributed by atoms with E-state index >= 15 is 0 Å². The Labute approximate surface area is 121 Å². The highest BCUT2D eigenvalue weighted by Crippen LogP contribution is 2.19. The quantitative estimate of drug-likeness (QED) is 0.717. The first-order valence-corrected chi connectivity index (χ1v) is 7.82. The molecule has 0 spiro atoms. The van der Waals surface area contributed by atoms with E-state index in [2.05, 4.69) is 18.0 Å². The van der Waals surface area contributed by atoms with Crippen molar-refractivity contribution in [1.82, 2.24) is 4.98 Å². The van der Waals surface area contributed by atoms with Crippen LogP contribution in [-0.2, 0) is 6.42 Å². The summed E-state index contributed by atoms with van der Waals surface area (Å²) in [6.07, 6.45) is 9.48. The van der Waals surface area contributed by atoms with Crippen molar-refractivity contribution in [2.75, 3.05) is 0 Å². The van der Waals surface area contributed by atoms with Crippen LogP contribution >= 0.6 is 0 Å². The van der Waals surface area contributed by atoms with Gasteiger partial charge in [0.25, 0.3) is 0 Å². The Bertz CT molecular complexity index is 518. The van der Waals surface area contributed by atoms with Gasteiger partial charge in [-0.2, -0.15) is 0 Å². The van der Waals surface area contributed by atoms with Crippen molar-refractivity contribution in [2.24, 2.45) is 0 Å². The predicted molar refractivity (Wildman–Crippen MR) is 84.8 cm³/mol. The lowest BCUT2D eigenvalue weighted by molar-refractivity contribution is 0.161. The number of para-hydroxylation sites is 1. The number of aromatic nitrogens is 1. The lowest BCUT2D eigenvalue weighted by atomic mass is 9.99. The molecule has 0 bridgehead atoms. The first kappa shape index (κ1) is 15.0. The van der Waals surface area contributed by atoms with E-state index in [0.29, 0.717) is 0 Å². The molecule has 2 heteroatoms. The number of nitrogens with zero attached hydrogens (tertiary/aromatic N) is 1. The minimum absolute atomic E-state index is 0.234. The Morgan fingerprint density at radius 2 is 1.85 bits per heavy atom. The zero-order valence-electron chi connectivity index (χ0n) is 12.4. The predicted octanol–water partition coefficient (Wildman–Crippen LogP) is 4.50. The first-order valence-electron chi connectivity index (χ1n) is 7.82. The zero-order chi connectivity index (χ0) is 14.2. The molecule has 0 saturated heterocycles. The molecule has 0 aliphatic carbocycles. The van der Waals surface area contributed by atoms with Crippen molar-refractivity contribution in [2.45, 2.75) is 58.0 Å². The molecule has 0 aliphatic rings. The maximum atomic E-state index is 10.2. The molecule has 0 amide bonds. The van der Waals surface area contributed by atoms with E-state index < -0.39 is 0 Å². The normalized spacial score (nSPS) is 12.7. The van der Waals surface area contributed by atoms with E-state index in [0.717, 1.165) is 24.8 Å². The summed E-state index contributed by atoms with van der Waals surface area (Å²) in [5, 5.41) is 11.4. The van der Waals surface area contributed by atoms with Crippen LogP contribution in [0.3, 0.4) is 0 Å². The highest BCUT2D eigenvalue weighted by molar-refractivity contribution is 5.81. The molecule has 0 radical (unpaired) electrons. The lowest BCUT2D eigenvalue weighted by Crippen LogP contribution is -2.10. The fraction of sp³-hybridized carbons (Fsp3) is 0.500. The highest BCUT2D eigenvalue weighted by atomic mass is 16.3. The Hall–Kier alpha value is -1.41. The van der Waals surface area contributed by atoms with Gasteiger partial charge >= 0.3 is 0 Å². The van der Waals surface area contributed by atoms with E-state index in [9.17, 15) is 5.11 Å². The summed E-state index contributed by atoms with van der Waals surface area (Å²) < 4.78 is 0. The number of pyridine rings is 1. The van der Waals surface area contributed by atoms with Crippen molar-refractivity contribution >= 4 is 10.9 Å². The maximum Gasteiger partial charge on any atom is 0.0704 e. The van der Waals surface area contributed by atoms with Crippen LogP contribution < -0.4 is 0 Å². The third-order valence-corrected chi connectivity index (χ3v) is 3.84. The molecule has 20 heavy (non-hydrogen) atoms. The van der Waals surface area contributed by atoms with Crippen LogP contribution in [0, 0.1) is 0 Å². The fourth-order valence-corrected chi connectivity index (χ4v) is 2.67. The van der Waals surface area contributed by atoms with Gasteiger partial charge in [0.05, 0.1) is 11.6 Å². The summed E-state index contributed by atoms with van der Waals surface area (Å²) in [7, 11) is 0. The summed E-state index contributed by atoms with van der Waals surface area (Å²) in [6, 6.07) is 10.2. The molecule has 2 aromatic rings. The van der Waals surface area contributed by atoms with Crippen LogP contribution in [0.15, 0.2) is 36.5 Å². The van der Waals surface area contributed by atoms with Gasteiger partial charge in [-0.1, -0.05) is 57.2 Å². The van der Waals surface area contributed by atoms with Crippen LogP contribution in [0.4, 0.5) is 0 Å². The SMILES string of the molecule is CCCCCCCC(O)Cc1ccnc2ccccc12. The largest absolute Gasteiger partial charge is 0.393 e. The molecular formula is C18H25NO. The van der Waals surface area contributed by atoms with Crippen molar-refractivity contribution in [3.05, 3.63) is 42.1 Å². The maximum absolute atomic E-state index is 10.2. The third-order valence-electron chi connectivity index (χ3n) is 3.84. The molecule has 1 unspecified atom stereocenters. The Morgan fingerprint density at radius 1 is 1.05 bits per heavy atom. The minimum atomic E-state index is -0.234. The molecule has 1 heterocycles. The summed E-state index contributed by atoms with van der Waals surface area (Å²) in [6.45, 7) is 2.23. The summed E-state index contributed by atoms with van der Waals surface area (Å²) in [5.41, 5.74) is 2.22. The van der Waals surface area contributed by atoms with Crippen molar-refractivity contribution in [3.63, 3.8) is 0 Å². The number of unbranched alkanes of at least 4 members (excludes halogenated alkanes) is 4. The number of aliphatic hydroxyl groups is 1. The van der Waals surface area contributed by atoms with Crippen LogP contribution in [0.25, 0.3) is 10.9 Å². The van der Waals surface area contributed by atoms with Gasteiger partial charge in [0.2, 0.25) is 0 Å². The molecular weight excluding hydrogens is 246 g/mol. The highest BCUT2D eigenvalue weighted by Gasteiger charge is 2.08. The van der Waals surface area contributed by atoms with E-state index in [1.54, 1.807) is 0 Å². The van der Waals surface area contributed by atoms with E-state index in [1.165, 1.54) is 36.6 Å². The molecule has 2 nitrogen and oxygen atoms in total. The number of hydrogen-bond donors (Lipinski definition) is 1. The zero-order valence-corrected chi connectivity index (χ0v) is 12.4. The van der Waals surface area contributed by atoms with Crippen molar-refractivity contribution < 1.29 is 5.11 Å². The molecule has 0 aliphatic heterocycles. The smallest absolute Gasteiger partial charge is 0.0704 e. The average molecular weight is 271 g/mol. The van der Waals surface area contributed by atoms with Gasteiger partial charge in [0.1, 0.15) is 0 Å². The van der Waals surface area contributed by atoms with Gasteiger partial charge in [0, 0.05) is 11.6 Å². The average Bonchev–Trinajstić information content (AvgIpc) is 2.47. The van der Waals surface area contributed by atoms with E-state index in [-0.39, 0.29) is 6.10 Å². The number of rotatable bonds is 8. The Morgan fingerprint density at radius 3 is 2.70 bits per heavy atom.